The fourth-order valence-electron chi connectivity index (χ4n) is 2.61. The summed E-state index contributed by atoms with van der Waals surface area (Å²) in [6.07, 6.45) is 0.536. The average Bonchev–Trinajstić information content (AvgIpc) is 2.93. The van der Waals surface area contributed by atoms with Crippen LogP contribution in [0.4, 0.5) is 0 Å². The Morgan fingerprint density at radius 3 is 2.74 bits per heavy atom. The lowest BCUT2D eigenvalue weighted by atomic mass is 10.3. The molecule has 0 fully saturated rings. The van der Waals surface area contributed by atoms with Gasteiger partial charge in [0.2, 0.25) is 0 Å². The SMILES string of the molecule is COc1cccc(OCCn2c(CCO)nc3ccccc32)c1. The minimum atomic E-state index is 0.0834. The average molecular weight is 312 g/mol. The fraction of sp³-hybridized carbons (Fsp3) is 0.278. The molecule has 0 bridgehead atoms. The molecule has 1 N–H and O–H groups in total. The predicted octanol–water partition coefficient (Wildman–Crippen LogP) is 2.66. The van der Waals surface area contributed by atoms with E-state index in [0.717, 1.165) is 28.4 Å². The third-order valence-electron chi connectivity index (χ3n) is 3.69. The minimum Gasteiger partial charge on any atom is -0.497 e. The molecule has 0 aliphatic heterocycles. The van der Waals surface area contributed by atoms with Gasteiger partial charge in [0.15, 0.2) is 0 Å². The van der Waals surface area contributed by atoms with Crippen molar-refractivity contribution in [1.29, 1.82) is 0 Å². The Balaban J connectivity index is 1.74. The smallest absolute Gasteiger partial charge is 0.123 e. The fourth-order valence-corrected chi connectivity index (χ4v) is 2.61. The summed E-state index contributed by atoms with van der Waals surface area (Å²) in [6.45, 7) is 1.28. The molecular formula is C18H20N2O3. The molecule has 0 saturated heterocycles. The summed E-state index contributed by atoms with van der Waals surface area (Å²) in [5.74, 6) is 2.43. The number of methoxy groups -OCH3 is 1. The molecule has 5 heteroatoms. The molecule has 0 atom stereocenters. The van der Waals surface area contributed by atoms with E-state index in [-0.39, 0.29) is 6.61 Å². The summed E-state index contributed by atoms with van der Waals surface area (Å²) < 4.78 is 13.1. The topological polar surface area (TPSA) is 56.5 Å². The summed E-state index contributed by atoms with van der Waals surface area (Å²) >= 11 is 0. The van der Waals surface area contributed by atoms with Crippen LogP contribution in [0.25, 0.3) is 11.0 Å². The van der Waals surface area contributed by atoms with E-state index in [1.165, 1.54) is 0 Å². The Bertz CT molecular complexity index is 783. The van der Waals surface area contributed by atoms with Gasteiger partial charge in [-0.2, -0.15) is 0 Å². The second kappa shape index (κ2) is 7.15. The third-order valence-corrected chi connectivity index (χ3v) is 3.69. The molecule has 1 aromatic heterocycles. The number of rotatable bonds is 7. The second-order valence-corrected chi connectivity index (χ2v) is 5.17. The van der Waals surface area contributed by atoms with Gasteiger partial charge in [-0.15, -0.1) is 0 Å². The van der Waals surface area contributed by atoms with E-state index in [2.05, 4.69) is 9.55 Å². The van der Waals surface area contributed by atoms with E-state index in [0.29, 0.717) is 19.6 Å². The molecule has 3 aromatic rings. The standard InChI is InChI=1S/C18H20N2O3/c1-22-14-5-4-6-15(13-14)23-12-10-20-17-8-3-2-7-16(17)19-18(20)9-11-21/h2-8,13,21H,9-12H2,1H3. The summed E-state index contributed by atoms with van der Waals surface area (Å²) in [5.41, 5.74) is 2.00. The molecule has 1 heterocycles. The molecule has 0 unspecified atom stereocenters. The molecule has 0 spiro atoms. The maximum atomic E-state index is 9.23. The van der Waals surface area contributed by atoms with Crippen molar-refractivity contribution in [1.82, 2.24) is 9.55 Å². The van der Waals surface area contributed by atoms with Gasteiger partial charge in [-0.05, 0) is 24.3 Å². The quantitative estimate of drug-likeness (QED) is 0.729. The molecule has 0 saturated carbocycles. The van der Waals surface area contributed by atoms with E-state index >= 15 is 0 Å². The molecule has 23 heavy (non-hydrogen) atoms. The van der Waals surface area contributed by atoms with Crippen LogP contribution in [0.15, 0.2) is 48.5 Å². The first-order valence-electron chi connectivity index (χ1n) is 7.63. The van der Waals surface area contributed by atoms with Crippen LogP contribution >= 0.6 is 0 Å². The predicted molar refractivity (Wildman–Crippen MR) is 89.0 cm³/mol. The molecule has 0 aliphatic carbocycles. The highest BCUT2D eigenvalue weighted by Gasteiger charge is 2.09. The Morgan fingerprint density at radius 2 is 1.91 bits per heavy atom. The minimum absolute atomic E-state index is 0.0834. The molecule has 0 aliphatic rings. The lowest BCUT2D eigenvalue weighted by molar-refractivity contribution is 0.283. The Labute approximate surface area is 135 Å². The number of hydrogen-bond acceptors (Lipinski definition) is 4. The number of imidazole rings is 1. The van der Waals surface area contributed by atoms with Gasteiger partial charge in [0.25, 0.3) is 0 Å². The molecule has 5 nitrogen and oxygen atoms in total. The molecule has 2 aromatic carbocycles. The van der Waals surface area contributed by atoms with Gasteiger partial charge in [0.05, 0.1) is 31.3 Å². The van der Waals surface area contributed by atoms with E-state index in [1.54, 1.807) is 7.11 Å². The summed E-state index contributed by atoms with van der Waals surface area (Å²) in [7, 11) is 1.64. The van der Waals surface area contributed by atoms with Crippen LogP contribution in [0, 0.1) is 0 Å². The van der Waals surface area contributed by atoms with E-state index < -0.39 is 0 Å². The van der Waals surface area contributed by atoms with E-state index in [4.69, 9.17) is 9.47 Å². The van der Waals surface area contributed by atoms with E-state index in [9.17, 15) is 5.11 Å². The largest absolute Gasteiger partial charge is 0.497 e. The van der Waals surface area contributed by atoms with Crippen LogP contribution in [0.2, 0.25) is 0 Å². The Morgan fingerprint density at radius 1 is 1.09 bits per heavy atom. The van der Waals surface area contributed by atoms with Crippen molar-refractivity contribution in [3.8, 4) is 11.5 Å². The maximum Gasteiger partial charge on any atom is 0.123 e. The number of aromatic nitrogens is 2. The number of ether oxygens (including phenoxy) is 2. The highest BCUT2D eigenvalue weighted by molar-refractivity contribution is 5.75. The van der Waals surface area contributed by atoms with Crippen molar-refractivity contribution in [2.24, 2.45) is 0 Å². The van der Waals surface area contributed by atoms with Crippen LogP contribution in [0.3, 0.4) is 0 Å². The monoisotopic (exact) mass is 312 g/mol. The molecule has 120 valence electrons. The van der Waals surface area contributed by atoms with Crippen molar-refractivity contribution in [3.63, 3.8) is 0 Å². The lowest BCUT2D eigenvalue weighted by Gasteiger charge is -2.11. The number of benzene rings is 2. The molecular weight excluding hydrogens is 292 g/mol. The zero-order chi connectivity index (χ0) is 16.1. The number of aliphatic hydroxyl groups is 1. The normalized spacial score (nSPS) is 10.9. The lowest BCUT2D eigenvalue weighted by Crippen LogP contribution is -2.12. The summed E-state index contributed by atoms with van der Waals surface area (Å²) in [6, 6.07) is 15.5. The van der Waals surface area contributed by atoms with Gasteiger partial charge < -0.3 is 19.1 Å². The zero-order valence-electron chi connectivity index (χ0n) is 13.1. The van der Waals surface area contributed by atoms with Crippen LogP contribution in [0.1, 0.15) is 5.82 Å². The third kappa shape index (κ3) is 3.46. The van der Waals surface area contributed by atoms with Crippen molar-refractivity contribution in [2.45, 2.75) is 13.0 Å². The van der Waals surface area contributed by atoms with E-state index in [1.807, 2.05) is 48.5 Å². The highest BCUT2D eigenvalue weighted by atomic mass is 16.5. The van der Waals surface area contributed by atoms with Gasteiger partial charge >= 0.3 is 0 Å². The first-order valence-corrected chi connectivity index (χ1v) is 7.63. The highest BCUT2D eigenvalue weighted by Crippen LogP contribution is 2.20. The van der Waals surface area contributed by atoms with Crippen LogP contribution in [-0.2, 0) is 13.0 Å². The number of fused-ring (bicyclic) bond motifs is 1. The zero-order valence-corrected chi connectivity index (χ0v) is 13.1. The van der Waals surface area contributed by atoms with Gasteiger partial charge in [0.1, 0.15) is 23.9 Å². The van der Waals surface area contributed by atoms with Crippen molar-refractivity contribution in [3.05, 3.63) is 54.4 Å². The molecule has 3 rings (SSSR count). The summed E-state index contributed by atoms with van der Waals surface area (Å²) in [5, 5.41) is 9.23. The van der Waals surface area contributed by atoms with Gasteiger partial charge in [-0.1, -0.05) is 18.2 Å². The van der Waals surface area contributed by atoms with Crippen LogP contribution < -0.4 is 9.47 Å². The van der Waals surface area contributed by atoms with Crippen molar-refractivity contribution in [2.75, 3.05) is 20.3 Å². The van der Waals surface area contributed by atoms with Gasteiger partial charge in [-0.3, -0.25) is 0 Å². The first-order chi connectivity index (χ1) is 11.3. The first kappa shape index (κ1) is 15.4. The van der Waals surface area contributed by atoms with Crippen LogP contribution in [-0.4, -0.2) is 35.0 Å². The van der Waals surface area contributed by atoms with Gasteiger partial charge in [0, 0.05) is 12.5 Å². The Kier molecular flexibility index (Phi) is 4.78. The number of nitrogens with zero attached hydrogens (tertiary/aromatic N) is 2. The molecule has 0 amide bonds. The van der Waals surface area contributed by atoms with Crippen molar-refractivity contribution >= 4 is 11.0 Å². The molecule has 0 radical (unpaired) electrons. The van der Waals surface area contributed by atoms with Gasteiger partial charge in [-0.25, -0.2) is 4.98 Å². The number of para-hydroxylation sites is 2. The van der Waals surface area contributed by atoms with Crippen LogP contribution in [0.5, 0.6) is 11.5 Å². The number of hydrogen-bond donors (Lipinski definition) is 1. The summed E-state index contributed by atoms with van der Waals surface area (Å²) in [4.78, 5) is 4.58. The maximum absolute atomic E-state index is 9.23. The number of aliphatic hydroxyl groups excluding tert-OH is 1. The van der Waals surface area contributed by atoms with Crippen molar-refractivity contribution < 1.29 is 14.6 Å². The Hall–Kier alpha value is -2.53. The second-order valence-electron chi connectivity index (χ2n) is 5.17.